The van der Waals surface area contributed by atoms with Gasteiger partial charge < -0.3 is 10.1 Å². The number of nitrogens with zero attached hydrogens (tertiary/aromatic N) is 1. The first-order chi connectivity index (χ1) is 12.1. The maximum absolute atomic E-state index is 12.6. The molecule has 2 aromatic carbocycles. The van der Waals surface area contributed by atoms with E-state index < -0.39 is 22.0 Å². The minimum Gasteiger partial charge on any atom is -0.495 e. The van der Waals surface area contributed by atoms with Gasteiger partial charge in [-0.1, -0.05) is 29.3 Å². The number of anilines is 2. The summed E-state index contributed by atoms with van der Waals surface area (Å²) in [5, 5.41) is 3.35. The Morgan fingerprint density at radius 3 is 2.42 bits per heavy atom. The van der Waals surface area contributed by atoms with E-state index in [1.165, 1.54) is 26.2 Å². The fourth-order valence-electron chi connectivity index (χ4n) is 2.41. The van der Waals surface area contributed by atoms with Crippen LogP contribution >= 0.6 is 23.2 Å². The van der Waals surface area contributed by atoms with E-state index in [1.54, 1.807) is 30.3 Å². The van der Waals surface area contributed by atoms with Crippen LogP contribution < -0.4 is 14.4 Å². The van der Waals surface area contributed by atoms with Crippen molar-refractivity contribution in [2.75, 3.05) is 23.0 Å². The van der Waals surface area contributed by atoms with E-state index in [2.05, 4.69) is 5.32 Å². The Kier molecular flexibility index (Phi) is 6.39. The van der Waals surface area contributed by atoms with Gasteiger partial charge in [0.25, 0.3) is 0 Å². The molecule has 1 N–H and O–H groups in total. The van der Waals surface area contributed by atoms with Crippen LogP contribution in [0.5, 0.6) is 5.75 Å². The average molecular weight is 417 g/mol. The number of amides is 1. The summed E-state index contributed by atoms with van der Waals surface area (Å²) in [4.78, 5) is 12.6. The van der Waals surface area contributed by atoms with Gasteiger partial charge in [0.05, 0.1) is 24.1 Å². The zero-order chi connectivity index (χ0) is 19.5. The summed E-state index contributed by atoms with van der Waals surface area (Å²) >= 11 is 12.0. The molecular formula is C17H18Cl2N2O4S. The number of halogens is 2. The number of benzene rings is 2. The molecule has 0 aliphatic rings. The lowest BCUT2D eigenvalue weighted by atomic mass is 10.2. The molecule has 0 heterocycles. The molecule has 1 atom stereocenters. The number of methoxy groups -OCH3 is 1. The highest BCUT2D eigenvalue weighted by molar-refractivity contribution is 7.92. The third-order valence-electron chi connectivity index (χ3n) is 3.57. The average Bonchev–Trinajstić information content (AvgIpc) is 2.54. The lowest BCUT2D eigenvalue weighted by molar-refractivity contribution is -0.116. The van der Waals surface area contributed by atoms with Crippen LogP contribution in [0.15, 0.2) is 42.5 Å². The van der Waals surface area contributed by atoms with E-state index in [0.29, 0.717) is 27.2 Å². The van der Waals surface area contributed by atoms with Crippen molar-refractivity contribution in [3.05, 3.63) is 52.5 Å². The van der Waals surface area contributed by atoms with Gasteiger partial charge in [-0.25, -0.2) is 8.42 Å². The molecule has 26 heavy (non-hydrogen) atoms. The monoisotopic (exact) mass is 416 g/mol. The van der Waals surface area contributed by atoms with Gasteiger partial charge in [0.1, 0.15) is 11.8 Å². The summed E-state index contributed by atoms with van der Waals surface area (Å²) in [6.07, 6.45) is 1.03. The lowest BCUT2D eigenvalue weighted by Crippen LogP contribution is -2.45. The number of hydrogen-bond acceptors (Lipinski definition) is 4. The van der Waals surface area contributed by atoms with Crippen LogP contribution in [0, 0.1) is 0 Å². The molecule has 9 heteroatoms. The van der Waals surface area contributed by atoms with E-state index in [4.69, 9.17) is 27.9 Å². The summed E-state index contributed by atoms with van der Waals surface area (Å²) in [7, 11) is -2.24. The van der Waals surface area contributed by atoms with Gasteiger partial charge in [0.15, 0.2) is 0 Å². The van der Waals surface area contributed by atoms with E-state index >= 15 is 0 Å². The van der Waals surface area contributed by atoms with Crippen LogP contribution in [-0.2, 0) is 14.8 Å². The smallest absolute Gasteiger partial charge is 0.247 e. The number of ether oxygens (including phenoxy) is 1. The van der Waals surface area contributed by atoms with Crippen LogP contribution in [0.25, 0.3) is 0 Å². The van der Waals surface area contributed by atoms with Gasteiger partial charge in [-0.15, -0.1) is 0 Å². The Labute approximate surface area is 162 Å². The van der Waals surface area contributed by atoms with E-state index in [9.17, 15) is 13.2 Å². The van der Waals surface area contributed by atoms with Crippen LogP contribution in [0.1, 0.15) is 6.92 Å². The van der Waals surface area contributed by atoms with E-state index in [1.807, 2.05) is 0 Å². The Morgan fingerprint density at radius 1 is 1.19 bits per heavy atom. The summed E-state index contributed by atoms with van der Waals surface area (Å²) < 4.78 is 30.6. The highest BCUT2D eigenvalue weighted by atomic mass is 35.5. The van der Waals surface area contributed by atoms with Crippen molar-refractivity contribution in [1.29, 1.82) is 0 Å². The van der Waals surface area contributed by atoms with Gasteiger partial charge in [-0.2, -0.15) is 0 Å². The largest absolute Gasteiger partial charge is 0.495 e. The Bertz CT molecular complexity index is 919. The first-order valence-electron chi connectivity index (χ1n) is 7.53. The first-order valence-corrected chi connectivity index (χ1v) is 10.1. The van der Waals surface area contributed by atoms with Crippen molar-refractivity contribution in [2.24, 2.45) is 0 Å². The Balaban J connectivity index is 2.29. The number of hydrogen-bond donors (Lipinski definition) is 1. The van der Waals surface area contributed by atoms with E-state index in [0.717, 1.165) is 10.6 Å². The number of carbonyl (C=O) groups excluding carboxylic acids is 1. The lowest BCUT2D eigenvalue weighted by Gasteiger charge is -2.28. The quantitative estimate of drug-likeness (QED) is 0.776. The number of rotatable bonds is 6. The minimum absolute atomic E-state index is 0.301. The third-order valence-corrected chi connectivity index (χ3v) is 5.34. The van der Waals surface area contributed by atoms with Crippen molar-refractivity contribution in [3.8, 4) is 5.75 Å². The topological polar surface area (TPSA) is 75.7 Å². The van der Waals surface area contributed by atoms with Gasteiger partial charge in [-0.3, -0.25) is 9.10 Å². The fourth-order valence-corrected chi connectivity index (χ4v) is 4.02. The zero-order valence-corrected chi connectivity index (χ0v) is 16.7. The van der Waals surface area contributed by atoms with Crippen LogP contribution in [0.3, 0.4) is 0 Å². The predicted octanol–water partition coefficient (Wildman–Crippen LogP) is 3.80. The molecule has 0 bridgehead atoms. The van der Waals surface area contributed by atoms with Crippen LogP contribution in [0.4, 0.5) is 11.4 Å². The van der Waals surface area contributed by atoms with Crippen molar-refractivity contribution in [3.63, 3.8) is 0 Å². The van der Waals surface area contributed by atoms with Crippen molar-refractivity contribution >= 4 is 50.5 Å². The second kappa shape index (κ2) is 8.16. The van der Waals surface area contributed by atoms with Crippen molar-refractivity contribution < 1.29 is 17.9 Å². The molecule has 0 aliphatic carbocycles. The third kappa shape index (κ3) is 4.81. The molecule has 0 unspecified atom stereocenters. The molecule has 0 aromatic heterocycles. The van der Waals surface area contributed by atoms with Crippen molar-refractivity contribution in [2.45, 2.75) is 13.0 Å². The predicted molar refractivity (Wildman–Crippen MR) is 105 cm³/mol. The van der Waals surface area contributed by atoms with Crippen molar-refractivity contribution in [1.82, 2.24) is 0 Å². The number of carbonyl (C=O) groups is 1. The summed E-state index contributed by atoms with van der Waals surface area (Å²) in [5.74, 6) is -0.0500. The van der Waals surface area contributed by atoms with Gasteiger partial charge >= 0.3 is 0 Å². The molecular weight excluding hydrogens is 399 g/mol. The molecule has 2 rings (SSSR count). The molecule has 0 fully saturated rings. The van der Waals surface area contributed by atoms with Gasteiger partial charge in [0.2, 0.25) is 15.9 Å². The van der Waals surface area contributed by atoms with Gasteiger partial charge in [0, 0.05) is 10.7 Å². The van der Waals surface area contributed by atoms with Crippen LogP contribution in [-0.4, -0.2) is 33.7 Å². The molecule has 0 saturated heterocycles. The zero-order valence-electron chi connectivity index (χ0n) is 14.4. The molecule has 1 amide bonds. The number of nitrogens with one attached hydrogen (secondary N) is 1. The Morgan fingerprint density at radius 2 is 1.88 bits per heavy atom. The summed E-state index contributed by atoms with van der Waals surface area (Å²) in [5.41, 5.74) is 0.725. The minimum atomic E-state index is -3.72. The molecule has 0 radical (unpaired) electrons. The SMILES string of the molecule is COc1ccc(NC(=O)[C@@H](C)N(c2cccc(Cl)c2)S(C)(=O)=O)cc1Cl. The highest BCUT2D eigenvalue weighted by Crippen LogP contribution is 2.28. The standard InChI is InChI=1S/C17H18Cl2N2O4S/c1-11(17(22)20-13-7-8-16(25-2)15(19)10-13)21(26(3,23)24)14-6-4-5-12(18)9-14/h4-11H,1-3H3,(H,20,22)/t11-/m1/s1. The molecule has 0 aliphatic heterocycles. The normalized spacial score (nSPS) is 12.3. The maximum Gasteiger partial charge on any atom is 0.247 e. The highest BCUT2D eigenvalue weighted by Gasteiger charge is 2.29. The first kappa shape index (κ1) is 20.4. The van der Waals surface area contributed by atoms with Gasteiger partial charge in [-0.05, 0) is 43.3 Å². The molecule has 0 spiro atoms. The summed E-state index contributed by atoms with van der Waals surface area (Å²) in [6, 6.07) is 10.0. The molecule has 2 aromatic rings. The summed E-state index contributed by atoms with van der Waals surface area (Å²) in [6.45, 7) is 1.49. The number of sulfonamides is 1. The fraction of sp³-hybridized carbons (Fsp3) is 0.235. The van der Waals surface area contributed by atoms with Crippen LogP contribution in [0.2, 0.25) is 10.0 Å². The maximum atomic E-state index is 12.6. The second-order valence-corrected chi connectivity index (χ2v) is 8.26. The molecule has 6 nitrogen and oxygen atoms in total. The Hall–Kier alpha value is -1.96. The second-order valence-electron chi connectivity index (χ2n) is 5.55. The molecule has 0 saturated carbocycles. The van der Waals surface area contributed by atoms with E-state index in [-0.39, 0.29) is 0 Å². The molecule has 140 valence electrons.